The molecule has 0 unspecified atom stereocenters. The molecular formula is C45H54O12. The van der Waals surface area contributed by atoms with Crippen LogP contribution in [-0.4, -0.2) is 75.5 Å². The summed E-state index contributed by atoms with van der Waals surface area (Å²) in [5.74, 6) is -4.79. The Morgan fingerprint density at radius 2 is 0.509 bits per heavy atom. The monoisotopic (exact) mass is 786 g/mol. The molecule has 57 heavy (non-hydrogen) atoms. The lowest BCUT2D eigenvalue weighted by Gasteiger charge is -2.32. The van der Waals surface area contributed by atoms with Crippen molar-refractivity contribution in [1.82, 2.24) is 0 Å². The van der Waals surface area contributed by atoms with Gasteiger partial charge in [-0.15, -0.1) is 0 Å². The van der Waals surface area contributed by atoms with Crippen molar-refractivity contribution in [2.45, 2.75) is 80.1 Å². The van der Waals surface area contributed by atoms with Gasteiger partial charge in [0.2, 0.25) is 0 Å². The zero-order chi connectivity index (χ0) is 41.6. The highest BCUT2D eigenvalue weighted by Gasteiger charge is 2.52. The zero-order valence-corrected chi connectivity index (χ0v) is 33.8. The van der Waals surface area contributed by atoms with Crippen LogP contribution in [0.15, 0.2) is 72.8 Å². The smallest absolute Gasteiger partial charge is 0.324 e. The van der Waals surface area contributed by atoms with E-state index in [0.717, 1.165) is 0 Å². The molecule has 6 bridgehead atoms. The van der Waals surface area contributed by atoms with E-state index in [9.17, 15) is 28.8 Å². The van der Waals surface area contributed by atoms with Crippen molar-refractivity contribution in [2.24, 2.45) is 16.2 Å². The van der Waals surface area contributed by atoms with E-state index in [4.69, 9.17) is 28.4 Å². The number of benzene rings is 3. The first-order chi connectivity index (χ1) is 27.4. The molecule has 0 heterocycles. The summed E-state index contributed by atoms with van der Waals surface area (Å²) in [5.41, 5.74) is -2.41. The number of hydrogen-bond acceptors (Lipinski definition) is 12. The van der Waals surface area contributed by atoms with Gasteiger partial charge in [0.25, 0.3) is 0 Å². The topological polar surface area (TPSA) is 158 Å². The first-order valence-corrected chi connectivity index (χ1v) is 19.6. The predicted molar refractivity (Wildman–Crippen MR) is 209 cm³/mol. The normalized spacial score (nSPS) is 15.7. The molecule has 0 saturated heterocycles. The fraction of sp³-hybridized carbons (Fsp3) is 0.467. The maximum Gasteiger partial charge on any atom is 0.324 e. The number of esters is 6. The highest BCUT2D eigenvalue weighted by molar-refractivity contribution is 6.02. The molecule has 0 aliphatic heterocycles. The molecule has 1 aliphatic rings. The van der Waals surface area contributed by atoms with Crippen LogP contribution >= 0.6 is 0 Å². The van der Waals surface area contributed by atoms with Gasteiger partial charge in [-0.25, -0.2) is 0 Å². The van der Waals surface area contributed by atoms with Gasteiger partial charge in [0.15, 0.2) is 16.2 Å². The minimum Gasteiger partial charge on any atom is -0.465 e. The van der Waals surface area contributed by atoms with Crippen molar-refractivity contribution in [3.05, 3.63) is 106 Å². The van der Waals surface area contributed by atoms with Crippen LogP contribution in [-0.2, 0) is 95.7 Å². The standard InChI is InChI=1S/C45H54O12/c1-7-52-37(46)43(38(47)53-8-2)25-31-16-13-18-33(22-31)27-44(39(48)54-9-3,40(49)55-10-4)29-35-20-15-21-36(24-35)30-45(41(50)56-11-5,42(51)57-12-6)28-34-19-14-17-32(23-34)26-43/h13-24H,7-12,25-30H2,1-6H3. The maximum absolute atomic E-state index is 14.1. The zero-order valence-electron chi connectivity index (χ0n) is 33.8. The van der Waals surface area contributed by atoms with Crippen LogP contribution in [0.3, 0.4) is 0 Å². The van der Waals surface area contributed by atoms with Crippen molar-refractivity contribution in [2.75, 3.05) is 39.6 Å². The minimum atomic E-state index is -1.88. The van der Waals surface area contributed by atoms with Gasteiger partial charge < -0.3 is 28.4 Å². The lowest BCUT2D eigenvalue weighted by molar-refractivity contribution is -0.173. The molecule has 3 aromatic rings. The van der Waals surface area contributed by atoms with E-state index in [1.165, 1.54) is 0 Å². The molecule has 0 fully saturated rings. The van der Waals surface area contributed by atoms with Gasteiger partial charge in [0, 0.05) is 0 Å². The van der Waals surface area contributed by atoms with Gasteiger partial charge in [0.05, 0.1) is 39.6 Å². The first-order valence-electron chi connectivity index (χ1n) is 19.6. The molecular weight excluding hydrogens is 732 g/mol. The third-order valence-corrected chi connectivity index (χ3v) is 10.0. The number of ether oxygens (including phenoxy) is 6. The second-order valence-electron chi connectivity index (χ2n) is 14.1. The lowest BCUT2D eigenvalue weighted by atomic mass is 9.72. The summed E-state index contributed by atoms with van der Waals surface area (Å²) in [6.45, 7) is 9.79. The van der Waals surface area contributed by atoms with E-state index in [1.807, 2.05) is 0 Å². The summed E-state index contributed by atoms with van der Waals surface area (Å²) in [6, 6.07) is 20.9. The summed E-state index contributed by atoms with van der Waals surface area (Å²) in [5, 5.41) is 0. The highest BCUT2D eigenvalue weighted by atomic mass is 16.6. The largest absolute Gasteiger partial charge is 0.465 e. The van der Waals surface area contributed by atoms with Crippen LogP contribution in [0.2, 0.25) is 0 Å². The van der Waals surface area contributed by atoms with E-state index in [-0.39, 0.29) is 78.2 Å². The van der Waals surface area contributed by atoms with Crippen LogP contribution < -0.4 is 0 Å². The van der Waals surface area contributed by atoms with E-state index in [0.29, 0.717) is 33.4 Å². The number of hydrogen-bond donors (Lipinski definition) is 0. The first kappa shape index (κ1) is 44.2. The third-order valence-electron chi connectivity index (χ3n) is 10.0. The van der Waals surface area contributed by atoms with Gasteiger partial charge in [-0.3, -0.25) is 28.8 Å². The Labute approximate surface area is 334 Å². The molecule has 0 saturated carbocycles. The SMILES string of the molecule is CCOC(=O)C1(C(=O)OCC)Cc2cccc(c2)CC(C(=O)OCC)(C(=O)OCC)Cc2cccc(c2)CC(C(=O)OCC)(C(=O)OCC)Cc2cccc(c2)C1. The number of rotatable bonds is 12. The van der Waals surface area contributed by atoms with Crippen LogP contribution in [0.5, 0.6) is 0 Å². The van der Waals surface area contributed by atoms with Gasteiger partial charge in [-0.05, 0) is 113 Å². The summed E-state index contributed by atoms with van der Waals surface area (Å²) < 4.78 is 33.4. The minimum absolute atomic E-state index is 0.0105. The Morgan fingerprint density at radius 1 is 0.351 bits per heavy atom. The predicted octanol–water partition coefficient (Wildman–Crippen LogP) is 5.69. The van der Waals surface area contributed by atoms with Crippen molar-refractivity contribution in [3.63, 3.8) is 0 Å². The molecule has 0 radical (unpaired) electrons. The van der Waals surface area contributed by atoms with Crippen molar-refractivity contribution in [1.29, 1.82) is 0 Å². The quantitative estimate of drug-likeness (QED) is 0.126. The Kier molecular flexibility index (Phi) is 15.6. The molecule has 3 aromatic carbocycles. The average Bonchev–Trinajstić information content (AvgIpc) is 3.17. The van der Waals surface area contributed by atoms with Gasteiger partial charge in [-0.2, -0.15) is 0 Å². The second kappa shape index (κ2) is 20.1. The van der Waals surface area contributed by atoms with Gasteiger partial charge in [-0.1, -0.05) is 72.8 Å². The lowest BCUT2D eigenvalue weighted by Crippen LogP contribution is -2.47. The molecule has 12 heteroatoms. The highest BCUT2D eigenvalue weighted by Crippen LogP contribution is 2.38. The Bertz CT molecular complexity index is 1570. The number of carbonyl (C=O) groups is 6. The summed E-state index contributed by atoms with van der Waals surface area (Å²) >= 11 is 0. The Balaban J connectivity index is 2.10. The molecule has 4 rings (SSSR count). The second-order valence-corrected chi connectivity index (χ2v) is 14.1. The molecule has 12 nitrogen and oxygen atoms in total. The number of fused-ring (bicyclic) bond motifs is 6. The molecule has 306 valence electrons. The molecule has 1 aliphatic carbocycles. The molecule has 0 N–H and O–H groups in total. The van der Waals surface area contributed by atoms with E-state index in [1.54, 1.807) is 114 Å². The number of carbonyl (C=O) groups excluding carboxylic acids is 6. The Hall–Kier alpha value is -5.52. The van der Waals surface area contributed by atoms with Crippen molar-refractivity contribution in [3.8, 4) is 0 Å². The molecule has 0 atom stereocenters. The summed E-state index contributed by atoms with van der Waals surface area (Å²) in [6.07, 6.45) is -0.963. The maximum atomic E-state index is 14.1. The van der Waals surface area contributed by atoms with Crippen LogP contribution in [0.25, 0.3) is 0 Å². The van der Waals surface area contributed by atoms with Gasteiger partial charge >= 0.3 is 35.8 Å². The molecule has 0 amide bonds. The third kappa shape index (κ3) is 10.1. The van der Waals surface area contributed by atoms with Gasteiger partial charge in [0.1, 0.15) is 0 Å². The fourth-order valence-electron chi connectivity index (χ4n) is 7.56. The summed E-state index contributed by atoms with van der Waals surface area (Å²) in [7, 11) is 0. The van der Waals surface area contributed by atoms with Crippen molar-refractivity contribution >= 4 is 35.8 Å². The van der Waals surface area contributed by atoms with E-state index < -0.39 is 52.1 Å². The summed E-state index contributed by atoms with van der Waals surface area (Å²) in [4.78, 5) is 84.8. The molecule has 0 spiro atoms. The van der Waals surface area contributed by atoms with Crippen LogP contribution in [0.4, 0.5) is 0 Å². The van der Waals surface area contributed by atoms with Crippen LogP contribution in [0, 0.1) is 16.2 Å². The van der Waals surface area contributed by atoms with E-state index in [2.05, 4.69) is 0 Å². The van der Waals surface area contributed by atoms with E-state index >= 15 is 0 Å². The fourth-order valence-corrected chi connectivity index (χ4v) is 7.56. The molecule has 0 aromatic heterocycles. The van der Waals surface area contributed by atoms with Crippen molar-refractivity contribution < 1.29 is 57.2 Å². The van der Waals surface area contributed by atoms with Crippen LogP contribution in [0.1, 0.15) is 74.9 Å². The average molecular weight is 787 g/mol. The Morgan fingerprint density at radius 3 is 0.649 bits per heavy atom.